The van der Waals surface area contributed by atoms with Crippen LogP contribution in [0.25, 0.3) is 0 Å². The summed E-state index contributed by atoms with van der Waals surface area (Å²) in [6, 6.07) is 10.8. The van der Waals surface area contributed by atoms with E-state index in [1.54, 1.807) is 0 Å². The molecule has 206 valence electrons. The molecule has 9 nitrogen and oxygen atoms in total. The molecule has 0 aromatic heterocycles. The van der Waals surface area contributed by atoms with Gasteiger partial charge < -0.3 is 14.2 Å². The molecule has 16 heteroatoms. The van der Waals surface area contributed by atoms with Gasteiger partial charge in [-0.25, -0.2) is 13.2 Å². The molecule has 0 spiro atoms. The largest absolute Gasteiger partial charge is 0.448 e. The molecule has 0 aliphatic heterocycles. The van der Waals surface area contributed by atoms with Crippen LogP contribution in [0.5, 0.6) is 34.5 Å². The quantitative estimate of drug-likeness (QED) is 0.0650. The number of para-hydroxylation sites is 1. The van der Waals surface area contributed by atoms with Gasteiger partial charge in [0, 0.05) is 11.1 Å². The number of rotatable bonds is 8. The highest BCUT2D eigenvalue weighted by Crippen LogP contribution is 2.53. The molecule has 0 radical (unpaired) electrons. The van der Waals surface area contributed by atoms with Crippen molar-refractivity contribution in [2.24, 2.45) is 0 Å². The topological polar surface area (TPSA) is 114 Å². The second-order valence-corrected chi connectivity index (χ2v) is 8.35. The van der Waals surface area contributed by atoms with Gasteiger partial charge in [-0.1, -0.05) is 35.3 Å². The second kappa shape index (κ2) is 11.2. The molecule has 0 N–H and O–H groups in total. The molecule has 0 saturated heterocycles. The van der Waals surface area contributed by atoms with E-state index in [1.807, 2.05) is 0 Å². The lowest BCUT2D eigenvalue weighted by Gasteiger charge is -2.15. The van der Waals surface area contributed by atoms with Gasteiger partial charge in [0.2, 0.25) is 46.3 Å². The Morgan fingerprint density at radius 3 is 1.62 bits per heavy atom. The van der Waals surface area contributed by atoms with Crippen molar-refractivity contribution in [1.82, 2.24) is 0 Å². The Bertz CT molecular complexity index is 1640. The Morgan fingerprint density at radius 2 is 1.10 bits per heavy atom. The van der Waals surface area contributed by atoms with Crippen molar-refractivity contribution in [2.75, 3.05) is 0 Å². The first-order valence-corrected chi connectivity index (χ1v) is 11.2. The first-order chi connectivity index (χ1) is 18.9. The monoisotopic (exact) mass is 602 g/mol. The standard InChI is InChI=1S/C24H9Cl2F5N2O7/c25-10-5-7-11(8-6-10)38-24-21(32(34)35)14(39-13-4-2-1-3-12(13)26)9-15(22(24)33(36)37)40-23-19(30)17(28)16(27)18(29)20(23)31/h1-9H. The zero-order valence-corrected chi connectivity index (χ0v) is 20.6. The van der Waals surface area contributed by atoms with Crippen LogP contribution in [0.15, 0.2) is 54.6 Å². The second-order valence-electron chi connectivity index (χ2n) is 7.50. The molecule has 0 bridgehead atoms. The number of benzene rings is 4. The van der Waals surface area contributed by atoms with Gasteiger partial charge in [0.1, 0.15) is 11.5 Å². The van der Waals surface area contributed by atoms with Gasteiger partial charge in [-0.05, 0) is 36.4 Å². The van der Waals surface area contributed by atoms with Crippen LogP contribution in [0, 0.1) is 49.3 Å². The summed E-state index contributed by atoms with van der Waals surface area (Å²) in [6.45, 7) is 0. The van der Waals surface area contributed by atoms with Gasteiger partial charge in [0.25, 0.3) is 5.75 Å². The van der Waals surface area contributed by atoms with E-state index in [4.69, 9.17) is 37.4 Å². The molecule has 0 heterocycles. The van der Waals surface area contributed by atoms with E-state index >= 15 is 0 Å². The van der Waals surface area contributed by atoms with Gasteiger partial charge in [0.05, 0.1) is 14.9 Å². The smallest absolute Gasteiger partial charge is 0.361 e. The maximum Gasteiger partial charge on any atom is 0.361 e. The van der Waals surface area contributed by atoms with Crippen LogP contribution in [-0.4, -0.2) is 9.85 Å². The van der Waals surface area contributed by atoms with Crippen LogP contribution in [0.3, 0.4) is 0 Å². The lowest BCUT2D eigenvalue weighted by atomic mass is 10.2. The zero-order chi connectivity index (χ0) is 29.3. The third-order valence-electron chi connectivity index (χ3n) is 5.00. The molecule has 40 heavy (non-hydrogen) atoms. The first-order valence-electron chi connectivity index (χ1n) is 10.5. The Balaban J connectivity index is 2.03. The van der Waals surface area contributed by atoms with Crippen LogP contribution in [0.2, 0.25) is 10.0 Å². The summed E-state index contributed by atoms with van der Waals surface area (Å²) in [5.74, 6) is -18.0. The summed E-state index contributed by atoms with van der Waals surface area (Å²) in [5, 5.41) is 24.3. The first kappa shape index (κ1) is 28.3. The van der Waals surface area contributed by atoms with E-state index in [2.05, 4.69) is 0 Å². The summed E-state index contributed by atoms with van der Waals surface area (Å²) >= 11 is 11.8. The Morgan fingerprint density at radius 1 is 0.600 bits per heavy atom. The van der Waals surface area contributed by atoms with Crippen LogP contribution in [0.1, 0.15) is 0 Å². The lowest BCUT2D eigenvalue weighted by Crippen LogP contribution is -2.07. The third kappa shape index (κ3) is 5.39. The van der Waals surface area contributed by atoms with Gasteiger partial charge in [-0.15, -0.1) is 0 Å². The summed E-state index contributed by atoms with van der Waals surface area (Å²) in [7, 11) is 0. The van der Waals surface area contributed by atoms with Crippen molar-refractivity contribution in [2.45, 2.75) is 0 Å². The van der Waals surface area contributed by atoms with E-state index in [0.717, 1.165) is 0 Å². The number of nitrogens with zero attached hydrogens (tertiary/aromatic N) is 2. The van der Waals surface area contributed by atoms with Crippen molar-refractivity contribution >= 4 is 34.6 Å². The van der Waals surface area contributed by atoms with E-state index in [-0.39, 0.29) is 21.5 Å². The van der Waals surface area contributed by atoms with Crippen LogP contribution in [0.4, 0.5) is 33.3 Å². The Hall–Kier alpha value is -4.69. The minimum Gasteiger partial charge on any atom is -0.448 e. The van der Waals surface area contributed by atoms with Gasteiger partial charge in [0.15, 0.2) is 0 Å². The molecule has 0 aliphatic rings. The maximum absolute atomic E-state index is 14.4. The summed E-state index contributed by atoms with van der Waals surface area (Å²) < 4.78 is 85.6. The van der Waals surface area contributed by atoms with Crippen LogP contribution in [-0.2, 0) is 0 Å². The number of hydrogen-bond donors (Lipinski definition) is 0. The molecular weight excluding hydrogens is 594 g/mol. The van der Waals surface area contributed by atoms with E-state index in [1.165, 1.54) is 48.5 Å². The Labute approximate surface area is 229 Å². The number of halogens is 7. The van der Waals surface area contributed by atoms with Gasteiger partial charge in [-0.3, -0.25) is 20.2 Å². The van der Waals surface area contributed by atoms with Crippen molar-refractivity contribution in [1.29, 1.82) is 0 Å². The molecular formula is C24H9Cl2F5N2O7. The molecule has 0 unspecified atom stereocenters. The minimum atomic E-state index is -2.52. The highest BCUT2D eigenvalue weighted by atomic mass is 35.5. The average Bonchev–Trinajstić information content (AvgIpc) is 2.91. The van der Waals surface area contributed by atoms with Crippen LogP contribution >= 0.6 is 23.2 Å². The van der Waals surface area contributed by atoms with E-state index in [9.17, 15) is 42.2 Å². The Kier molecular flexibility index (Phi) is 7.93. The summed E-state index contributed by atoms with van der Waals surface area (Å²) in [4.78, 5) is 21.8. The van der Waals surface area contributed by atoms with E-state index in [0.29, 0.717) is 6.07 Å². The average molecular weight is 603 g/mol. The fourth-order valence-electron chi connectivity index (χ4n) is 3.24. The normalized spacial score (nSPS) is 10.8. The molecule has 0 amide bonds. The van der Waals surface area contributed by atoms with Crippen molar-refractivity contribution in [3.05, 3.63) is 114 Å². The number of ether oxygens (including phenoxy) is 3. The van der Waals surface area contributed by atoms with Gasteiger partial charge >= 0.3 is 11.4 Å². The maximum atomic E-state index is 14.4. The third-order valence-corrected chi connectivity index (χ3v) is 5.56. The van der Waals surface area contributed by atoms with Crippen molar-refractivity contribution in [3.8, 4) is 34.5 Å². The van der Waals surface area contributed by atoms with Crippen molar-refractivity contribution in [3.63, 3.8) is 0 Å². The lowest BCUT2D eigenvalue weighted by molar-refractivity contribution is -0.396. The number of nitro benzene ring substituents is 2. The predicted molar refractivity (Wildman–Crippen MR) is 129 cm³/mol. The minimum absolute atomic E-state index is 0.0856. The van der Waals surface area contributed by atoms with E-state index < -0.39 is 73.3 Å². The summed E-state index contributed by atoms with van der Waals surface area (Å²) in [6.07, 6.45) is 0. The number of nitro groups is 2. The van der Waals surface area contributed by atoms with Crippen LogP contribution < -0.4 is 14.2 Å². The fourth-order valence-corrected chi connectivity index (χ4v) is 3.54. The zero-order valence-electron chi connectivity index (χ0n) is 19.1. The predicted octanol–water partition coefficient (Wildman–Crippen LogP) is 8.88. The fraction of sp³-hybridized carbons (Fsp3) is 0. The molecule has 4 aromatic carbocycles. The molecule has 4 rings (SSSR count). The SMILES string of the molecule is O=[N+]([O-])c1c(Oc2ccccc2Cl)cc(Oc2c(F)c(F)c(F)c(F)c2F)c([N+](=O)[O-])c1Oc1ccc(Cl)cc1. The highest BCUT2D eigenvalue weighted by molar-refractivity contribution is 6.32. The molecule has 0 saturated carbocycles. The highest BCUT2D eigenvalue weighted by Gasteiger charge is 2.39. The summed E-state index contributed by atoms with van der Waals surface area (Å²) in [5.41, 5.74) is -2.59. The number of hydrogen-bond acceptors (Lipinski definition) is 7. The molecule has 0 aliphatic carbocycles. The van der Waals surface area contributed by atoms with Crippen molar-refractivity contribution < 1.29 is 46.0 Å². The molecule has 0 fully saturated rings. The molecule has 4 aromatic rings. The molecule has 0 atom stereocenters. The van der Waals surface area contributed by atoms with Gasteiger partial charge in [-0.2, -0.15) is 8.78 Å².